The Labute approximate surface area is 189 Å². The number of nitrogens with one attached hydrogen (secondary N) is 1. The minimum absolute atomic E-state index is 0.0409. The minimum Gasteiger partial charge on any atom is -0.459 e. The van der Waals surface area contributed by atoms with Gasteiger partial charge >= 0.3 is 0 Å². The van der Waals surface area contributed by atoms with Crippen molar-refractivity contribution < 1.29 is 14.0 Å². The fourth-order valence-electron chi connectivity index (χ4n) is 3.42. The zero-order chi connectivity index (χ0) is 23.5. The van der Waals surface area contributed by atoms with Crippen LogP contribution in [0.25, 0.3) is 0 Å². The molecule has 0 unspecified atom stereocenters. The minimum atomic E-state index is -0.930. The van der Waals surface area contributed by atoms with Gasteiger partial charge in [-0.25, -0.2) is 0 Å². The molecule has 0 bridgehead atoms. The van der Waals surface area contributed by atoms with Gasteiger partial charge in [0.2, 0.25) is 5.91 Å². The number of rotatable bonds is 5. The van der Waals surface area contributed by atoms with Crippen LogP contribution in [0.3, 0.4) is 0 Å². The lowest BCUT2D eigenvalue weighted by Gasteiger charge is -2.33. The van der Waals surface area contributed by atoms with E-state index in [2.05, 4.69) is 31.1 Å². The van der Waals surface area contributed by atoms with Crippen LogP contribution < -0.4 is 10.2 Å². The molecule has 0 aliphatic rings. The lowest BCUT2D eigenvalue weighted by atomic mass is 9.87. The van der Waals surface area contributed by atoms with Crippen LogP contribution in [0.1, 0.15) is 69.3 Å². The Morgan fingerprint density at radius 2 is 1.66 bits per heavy atom. The fraction of sp³-hybridized carbons (Fsp3) is 0.346. The maximum Gasteiger partial charge on any atom is 0.294 e. The molecule has 1 atom stereocenters. The molecule has 6 heteroatoms. The largest absolute Gasteiger partial charge is 0.459 e. The summed E-state index contributed by atoms with van der Waals surface area (Å²) in [7, 11) is 0. The van der Waals surface area contributed by atoms with Crippen molar-refractivity contribution in [3.63, 3.8) is 0 Å². The van der Waals surface area contributed by atoms with Crippen LogP contribution in [-0.4, -0.2) is 22.3 Å². The molecule has 0 saturated carbocycles. The van der Waals surface area contributed by atoms with Crippen LogP contribution >= 0.6 is 0 Å². The summed E-state index contributed by atoms with van der Waals surface area (Å²) in [6.45, 7) is 12.1. The number of pyridine rings is 1. The van der Waals surface area contributed by atoms with Gasteiger partial charge in [0.25, 0.3) is 5.91 Å². The van der Waals surface area contributed by atoms with E-state index in [1.165, 1.54) is 11.2 Å². The summed E-state index contributed by atoms with van der Waals surface area (Å²) in [5.41, 5.74) is 1.81. The van der Waals surface area contributed by atoms with Gasteiger partial charge in [-0.3, -0.25) is 19.5 Å². The van der Waals surface area contributed by atoms with E-state index < -0.39 is 17.5 Å². The van der Waals surface area contributed by atoms with E-state index in [9.17, 15) is 9.59 Å². The number of carbonyl (C=O) groups excluding carboxylic acids is 2. The fourth-order valence-corrected chi connectivity index (χ4v) is 3.42. The molecule has 2 aromatic heterocycles. The predicted molar refractivity (Wildman–Crippen MR) is 126 cm³/mol. The molecule has 0 spiro atoms. The van der Waals surface area contributed by atoms with Gasteiger partial charge in [-0.2, -0.15) is 0 Å². The second-order valence-corrected chi connectivity index (χ2v) is 9.88. The van der Waals surface area contributed by atoms with Crippen molar-refractivity contribution in [2.24, 2.45) is 0 Å². The molecule has 1 N–H and O–H groups in total. The number of hydrogen-bond donors (Lipinski definition) is 1. The number of benzene rings is 1. The summed E-state index contributed by atoms with van der Waals surface area (Å²) >= 11 is 0. The van der Waals surface area contributed by atoms with Crippen molar-refractivity contribution in [3.8, 4) is 0 Å². The number of anilines is 1. The second kappa shape index (κ2) is 8.99. The first-order valence-corrected chi connectivity index (χ1v) is 10.7. The van der Waals surface area contributed by atoms with Gasteiger partial charge in [0.15, 0.2) is 5.76 Å². The Kier molecular flexibility index (Phi) is 6.53. The van der Waals surface area contributed by atoms with Crippen molar-refractivity contribution in [2.45, 2.75) is 58.5 Å². The Morgan fingerprint density at radius 1 is 0.969 bits per heavy atom. The summed E-state index contributed by atoms with van der Waals surface area (Å²) in [5, 5.41) is 3.01. The third-order valence-electron chi connectivity index (χ3n) is 4.97. The van der Waals surface area contributed by atoms with Crippen LogP contribution in [0.5, 0.6) is 0 Å². The quantitative estimate of drug-likeness (QED) is 0.594. The van der Waals surface area contributed by atoms with Crippen LogP contribution in [0, 0.1) is 0 Å². The molecule has 1 aromatic carbocycles. The number of aromatic nitrogens is 1. The average Bonchev–Trinajstić information content (AvgIpc) is 3.25. The molecule has 2 amide bonds. The molecular weight excluding hydrogens is 402 g/mol. The van der Waals surface area contributed by atoms with Crippen molar-refractivity contribution in [2.75, 3.05) is 4.90 Å². The standard InChI is InChI=1S/C26H31N3O3/c1-25(2,3)19-11-13-20(14-12-19)29(24(31)21-10-8-16-32-21)22(18-9-7-15-27-17-18)23(30)28-26(4,5)6/h7-17,22H,1-6H3,(H,28,30)/t22-/m1/s1. The highest BCUT2D eigenvalue weighted by atomic mass is 16.3. The normalized spacial score (nSPS) is 12.8. The molecule has 168 valence electrons. The molecule has 2 heterocycles. The number of hydrogen-bond acceptors (Lipinski definition) is 4. The smallest absolute Gasteiger partial charge is 0.294 e. The molecular formula is C26H31N3O3. The van der Waals surface area contributed by atoms with Gasteiger partial charge in [0.1, 0.15) is 6.04 Å². The van der Waals surface area contributed by atoms with Crippen LogP contribution in [0.4, 0.5) is 5.69 Å². The average molecular weight is 434 g/mol. The molecule has 0 fully saturated rings. The van der Waals surface area contributed by atoms with E-state index in [0.717, 1.165) is 5.56 Å². The Balaban J connectivity index is 2.15. The van der Waals surface area contributed by atoms with E-state index in [4.69, 9.17) is 4.42 Å². The van der Waals surface area contributed by atoms with Crippen LogP contribution in [-0.2, 0) is 10.2 Å². The van der Waals surface area contributed by atoms with E-state index in [-0.39, 0.29) is 17.1 Å². The highest BCUT2D eigenvalue weighted by Crippen LogP contribution is 2.32. The van der Waals surface area contributed by atoms with Crippen LogP contribution in [0.15, 0.2) is 71.6 Å². The first-order chi connectivity index (χ1) is 15.0. The first-order valence-electron chi connectivity index (χ1n) is 10.7. The van der Waals surface area contributed by atoms with Gasteiger partial charge < -0.3 is 9.73 Å². The zero-order valence-corrected chi connectivity index (χ0v) is 19.5. The highest BCUT2D eigenvalue weighted by Gasteiger charge is 2.36. The summed E-state index contributed by atoms with van der Waals surface area (Å²) in [4.78, 5) is 32.8. The Morgan fingerprint density at radius 3 is 2.16 bits per heavy atom. The summed E-state index contributed by atoms with van der Waals surface area (Å²) in [6.07, 6.45) is 4.69. The molecule has 0 aliphatic carbocycles. The monoisotopic (exact) mass is 433 g/mol. The molecule has 0 radical (unpaired) electrons. The molecule has 0 saturated heterocycles. The van der Waals surface area contributed by atoms with Crippen LogP contribution in [0.2, 0.25) is 0 Å². The van der Waals surface area contributed by atoms with Crippen molar-refractivity contribution in [1.29, 1.82) is 0 Å². The predicted octanol–water partition coefficient (Wildman–Crippen LogP) is 5.27. The second-order valence-electron chi connectivity index (χ2n) is 9.88. The SMILES string of the molecule is CC(C)(C)NC(=O)[C@@H](c1cccnc1)N(C(=O)c1ccco1)c1ccc(C(C)(C)C)cc1. The molecule has 0 aliphatic heterocycles. The van der Waals surface area contributed by atoms with Crippen molar-refractivity contribution in [3.05, 3.63) is 84.1 Å². The van der Waals surface area contributed by atoms with E-state index in [0.29, 0.717) is 11.3 Å². The van der Waals surface area contributed by atoms with Crippen molar-refractivity contribution in [1.82, 2.24) is 10.3 Å². The van der Waals surface area contributed by atoms with E-state index in [1.54, 1.807) is 36.7 Å². The Hall–Kier alpha value is -3.41. The first kappa shape index (κ1) is 23.3. The number of furan rings is 1. The van der Waals surface area contributed by atoms with Crippen molar-refractivity contribution >= 4 is 17.5 Å². The topological polar surface area (TPSA) is 75.4 Å². The van der Waals surface area contributed by atoms with E-state index in [1.807, 2.05) is 45.0 Å². The van der Waals surface area contributed by atoms with Gasteiger partial charge in [-0.1, -0.05) is 39.0 Å². The van der Waals surface area contributed by atoms with Gasteiger partial charge in [0.05, 0.1) is 6.26 Å². The highest BCUT2D eigenvalue weighted by molar-refractivity contribution is 6.08. The summed E-state index contributed by atoms with van der Waals surface area (Å²) in [5.74, 6) is -0.552. The Bertz CT molecular complexity index is 1040. The van der Waals surface area contributed by atoms with E-state index >= 15 is 0 Å². The molecule has 32 heavy (non-hydrogen) atoms. The molecule has 3 rings (SSSR count). The molecule has 3 aromatic rings. The maximum absolute atomic E-state index is 13.6. The van der Waals surface area contributed by atoms with Gasteiger partial charge in [-0.15, -0.1) is 0 Å². The molecule has 6 nitrogen and oxygen atoms in total. The lowest BCUT2D eigenvalue weighted by molar-refractivity contribution is -0.123. The summed E-state index contributed by atoms with van der Waals surface area (Å²) in [6, 6.07) is 13.6. The zero-order valence-electron chi connectivity index (χ0n) is 19.5. The number of amides is 2. The third-order valence-corrected chi connectivity index (χ3v) is 4.97. The lowest BCUT2D eigenvalue weighted by Crippen LogP contribution is -2.49. The summed E-state index contributed by atoms with van der Waals surface area (Å²) < 4.78 is 5.40. The third kappa shape index (κ3) is 5.44. The van der Waals surface area contributed by atoms with Gasteiger partial charge in [-0.05, 0) is 62.1 Å². The number of carbonyl (C=O) groups is 2. The van der Waals surface area contributed by atoms with Gasteiger partial charge in [0, 0.05) is 29.2 Å². The number of nitrogens with zero attached hydrogens (tertiary/aromatic N) is 2. The maximum atomic E-state index is 13.6.